The number of hydrogen-bond donors (Lipinski definition) is 14. The van der Waals surface area contributed by atoms with Crippen LogP contribution in [-0.4, -0.2) is 300 Å². The number of Topliss-reactive ketones (excluding diaryl/α,β-unsaturated/α-hetero) is 1. The fraction of sp³-hybridized carbons (Fsp3) is 0.550. The number of aliphatic hydroxyl groups excluding tert-OH is 1. The van der Waals surface area contributed by atoms with Gasteiger partial charge in [-0.15, -0.1) is 11.8 Å². The average molecular weight is 1930 g/mol. The van der Waals surface area contributed by atoms with Gasteiger partial charge in [-0.05, 0) is 135 Å². The molecule has 37 nitrogen and oxygen atoms in total. The van der Waals surface area contributed by atoms with E-state index in [1.165, 1.54) is 67.0 Å². The first kappa shape index (κ1) is 107. The molecular formula is C100H138N18O19S. The minimum absolute atomic E-state index is 0.00138. The Morgan fingerprint density at radius 1 is 0.536 bits per heavy atom. The van der Waals surface area contributed by atoms with Crippen molar-refractivity contribution in [3.05, 3.63) is 138 Å². The molecular weight excluding hydrogens is 1790 g/mol. The molecule has 6 aromatic rings. The van der Waals surface area contributed by atoms with Crippen LogP contribution < -0.4 is 53.6 Å². The molecule has 1 unspecified atom stereocenters. The molecule has 0 radical (unpaired) electrons. The number of hydrogen-bond acceptors (Lipinski definition) is 20. The number of thioether (sulfide) groups is 1. The molecule has 4 aliphatic heterocycles. The number of unbranched alkanes of at least 4 members (excludes halogenated alkanes) is 2. The number of aromatic amines is 2. The van der Waals surface area contributed by atoms with E-state index in [2.05, 4.69) is 57.8 Å². The minimum Gasteiger partial charge on any atom is -0.508 e. The summed E-state index contributed by atoms with van der Waals surface area (Å²) in [5, 5.41) is 47.9. The number of carbonyl (C=O) groups is 17. The van der Waals surface area contributed by atoms with Gasteiger partial charge in [-0.1, -0.05) is 153 Å². The molecule has 0 bridgehead atoms. The van der Waals surface area contributed by atoms with Crippen molar-refractivity contribution < 1.29 is 91.7 Å². The van der Waals surface area contributed by atoms with E-state index in [0.29, 0.717) is 84.7 Å². The molecule has 0 aliphatic carbocycles. The quantitative estimate of drug-likeness (QED) is 0.0432. The van der Waals surface area contributed by atoms with Crippen LogP contribution in [0.2, 0.25) is 0 Å². The van der Waals surface area contributed by atoms with Gasteiger partial charge in [0.15, 0.2) is 5.78 Å². The molecule has 16 amide bonds. The Labute approximate surface area is 809 Å². The summed E-state index contributed by atoms with van der Waals surface area (Å²) >= 11 is 0.859. The van der Waals surface area contributed by atoms with Crippen LogP contribution in [0.25, 0.3) is 21.8 Å². The van der Waals surface area contributed by atoms with Crippen molar-refractivity contribution in [3.8, 4) is 5.75 Å². The third-order valence-corrected chi connectivity index (χ3v) is 27.5. The molecule has 4 aliphatic rings. The first-order valence-electron chi connectivity index (χ1n) is 48.2. The van der Waals surface area contributed by atoms with Crippen molar-refractivity contribution in [2.45, 2.75) is 262 Å². The Bertz CT molecular complexity index is 5290. The zero-order valence-electron chi connectivity index (χ0n) is 80.9. The Morgan fingerprint density at radius 3 is 1.71 bits per heavy atom. The summed E-state index contributed by atoms with van der Waals surface area (Å²) in [4.78, 5) is 266. The molecule has 6 heterocycles. The topological polar surface area (TPSA) is 516 Å². The molecule has 10 rings (SSSR count). The molecule has 4 aromatic carbocycles. The van der Waals surface area contributed by atoms with Crippen molar-refractivity contribution >= 4 is 134 Å². The number of rotatable bonds is 23. The predicted octanol–water partition coefficient (Wildman–Crippen LogP) is 3.95. The predicted molar refractivity (Wildman–Crippen MR) is 519 cm³/mol. The number of amides is 16. The average Bonchev–Trinajstić information content (AvgIpc) is 1.20. The number of H-pyrrole nitrogens is 2. The van der Waals surface area contributed by atoms with Gasteiger partial charge in [0, 0.05) is 119 Å². The van der Waals surface area contributed by atoms with Gasteiger partial charge in [0.2, 0.25) is 94.5 Å². The van der Waals surface area contributed by atoms with Gasteiger partial charge in [-0.2, -0.15) is 0 Å². The first-order chi connectivity index (χ1) is 65.9. The van der Waals surface area contributed by atoms with Crippen molar-refractivity contribution in [2.24, 2.45) is 23.5 Å². The van der Waals surface area contributed by atoms with Gasteiger partial charge in [0.05, 0.1) is 37.4 Å². The number of aromatic nitrogens is 2. The highest BCUT2D eigenvalue weighted by Crippen LogP contribution is 2.32. The van der Waals surface area contributed by atoms with Crippen LogP contribution in [0.3, 0.4) is 0 Å². The Kier molecular flexibility index (Phi) is 39.7. The van der Waals surface area contributed by atoms with E-state index >= 15 is 33.6 Å². The molecule has 15 N–H and O–H groups in total. The summed E-state index contributed by atoms with van der Waals surface area (Å²) in [6, 6.07) is 13.3. The van der Waals surface area contributed by atoms with E-state index in [1.54, 1.807) is 64.0 Å². The molecule has 0 spiro atoms. The Balaban J connectivity index is 0.985. The summed E-state index contributed by atoms with van der Waals surface area (Å²) in [6.45, 7) is 13.0. The highest BCUT2D eigenvalue weighted by atomic mass is 32.2. The van der Waals surface area contributed by atoms with Gasteiger partial charge in [-0.25, -0.2) is 0 Å². The van der Waals surface area contributed by atoms with Gasteiger partial charge in [-0.3, -0.25) is 81.5 Å². The number of carbonyl (C=O) groups excluding carboxylic acids is 17. The number of phenolic OH excluding ortho intramolecular Hbond substituents is 1. The molecule has 14 atom stereocenters. The maximum Gasteiger partial charge on any atom is 0.246 e. The lowest BCUT2D eigenvalue weighted by molar-refractivity contribution is -0.149. The van der Waals surface area contributed by atoms with Gasteiger partial charge in [0.1, 0.15) is 72.2 Å². The van der Waals surface area contributed by atoms with Crippen LogP contribution in [0, 0.1) is 17.8 Å². The molecule has 138 heavy (non-hydrogen) atoms. The maximum atomic E-state index is 15.7. The van der Waals surface area contributed by atoms with E-state index in [0.717, 1.165) is 32.5 Å². The SMILES string of the molecule is CCCC[C@H]1C(=O)N(C)[C@@H](CCCC)C(=O)N[C@@H](CC(C)C)C(=O)N[C@H](C(=O)NCC(=O)N2CCC(c3ccccc3)CC2)CSCC(=O)N[C@@H](Cc2ccc(O)cc2)C(=O)N(C)[C@@H](C)C(=O)N[C@@H](CC(N)=O)C(=O)N2CCC[C@H]2C(=O)N[C@@H](CC)C(=O)N[C@@H](CC(C)C)C(=O)N2C[C@H](O)C[C@H]2C(=O)C[C@@H](Cc2c[nH]c3ccccc23)C(=O)NCC(=O)NC(Cc2c[nH]c3ccccc23)C(=O)N1C. The minimum atomic E-state index is -1.72. The standard InChI is InChI=1S/C100H138N18O19S/c1-12-15-31-80-94(131)109-74(43-58(4)5)93(130)112-79(91(128)105-54-88(125)116-41-38-63(39-42-116)62-25-18-17-19-26-62)56-138-57-87(124)107-76(45-61-34-36-67(119)37-35-61)96(133)113(9)60(8)89(126)110-78(50-85(101)122)98(135)117-40-24-33-81(117)95(132)108-71(14-3)92(129)111-75(44-59(6)7)99(136)118-55-68(120)49-83(118)84(121)48-64(46-65-51-102-72-29-22-20-27-69(65)72)90(127)104-53-86(123)106-77(47-66-52-103-73-30-23-21-28-70(66)73)97(134)115(11)82(32-16-13-2)100(137)114(80)10/h17-23,25-30,34-37,51-52,58-60,63-64,68,71,74-83,102-103,119-120H,12-16,24,31-33,38-50,53-57H2,1-11H3,(H2,101,122)(H,104,127)(H,105,128)(H,106,123)(H,107,124)(H,108,132)(H,109,131)(H,110,126)(H,111,129)(H,112,130)/t60-,64+,68+,71-,74-,75-,76-,77?,78-,79-,80-,81-,82-,83-/m0/s1. The highest BCUT2D eigenvalue weighted by molar-refractivity contribution is 8.00. The number of benzene rings is 4. The third-order valence-electron chi connectivity index (χ3n) is 26.5. The molecule has 0 saturated carbocycles. The van der Waals surface area contributed by atoms with Crippen LogP contribution in [0.4, 0.5) is 0 Å². The molecule has 2 aromatic heterocycles. The molecule has 748 valence electrons. The van der Waals surface area contributed by atoms with Crippen molar-refractivity contribution in [2.75, 3.05) is 71.9 Å². The molecule has 4 fully saturated rings. The number of ketones is 1. The number of primary amides is 1. The summed E-state index contributed by atoms with van der Waals surface area (Å²) < 4.78 is 0. The Morgan fingerprint density at radius 2 is 1.09 bits per heavy atom. The number of aliphatic hydroxyl groups is 1. The Hall–Kier alpha value is -12.7. The van der Waals surface area contributed by atoms with Crippen LogP contribution >= 0.6 is 11.8 Å². The number of piperidine rings is 1. The maximum absolute atomic E-state index is 15.7. The molecule has 4 saturated heterocycles. The fourth-order valence-corrected chi connectivity index (χ4v) is 19.4. The summed E-state index contributed by atoms with van der Waals surface area (Å²) in [5.41, 5.74) is 9.96. The third kappa shape index (κ3) is 29.2. The number of nitrogens with two attached hydrogens (primary N) is 1. The van der Waals surface area contributed by atoms with Crippen LogP contribution in [0.5, 0.6) is 5.75 Å². The lowest BCUT2D eigenvalue weighted by Crippen LogP contribution is -2.60. The lowest BCUT2D eigenvalue weighted by Gasteiger charge is -2.36. The highest BCUT2D eigenvalue weighted by Gasteiger charge is 2.47. The number of nitrogens with zero attached hydrogens (tertiary/aromatic N) is 6. The number of para-hydroxylation sites is 2. The second kappa shape index (κ2) is 51.1. The van der Waals surface area contributed by atoms with Gasteiger partial charge < -0.3 is 103 Å². The van der Waals surface area contributed by atoms with Crippen LogP contribution in [0.15, 0.2) is 116 Å². The zero-order valence-corrected chi connectivity index (χ0v) is 81.7. The van der Waals surface area contributed by atoms with E-state index in [9.17, 15) is 58.2 Å². The van der Waals surface area contributed by atoms with E-state index in [4.69, 9.17) is 5.73 Å². The van der Waals surface area contributed by atoms with Crippen molar-refractivity contribution in [1.29, 1.82) is 0 Å². The number of nitrogens with one attached hydrogen (secondary N) is 11. The van der Waals surface area contributed by atoms with E-state index in [-0.39, 0.29) is 113 Å². The van der Waals surface area contributed by atoms with Gasteiger partial charge >= 0.3 is 0 Å². The fourth-order valence-electron chi connectivity index (χ4n) is 18.6. The zero-order chi connectivity index (χ0) is 100. The van der Waals surface area contributed by atoms with E-state index < -0.39 is 217 Å². The van der Waals surface area contributed by atoms with Crippen molar-refractivity contribution in [3.63, 3.8) is 0 Å². The van der Waals surface area contributed by atoms with Crippen LogP contribution in [-0.2, 0) is 101 Å². The summed E-state index contributed by atoms with van der Waals surface area (Å²) in [6.07, 6.45) is 3.69. The van der Waals surface area contributed by atoms with Gasteiger partial charge in [0.25, 0.3) is 0 Å². The molecule has 38 heteroatoms. The normalized spacial score (nSPS) is 24.9. The largest absolute Gasteiger partial charge is 0.508 e. The van der Waals surface area contributed by atoms with Crippen LogP contribution in [0.1, 0.15) is 186 Å². The monoisotopic (exact) mass is 1930 g/mol. The summed E-state index contributed by atoms with van der Waals surface area (Å²) in [7, 11) is 4.11. The summed E-state index contributed by atoms with van der Waals surface area (Å²) in [5.74, 6) is -16.0. The van der Waals surface area contributed by atoms with Crippen molar-refractivity contribution in [1.82, 2.24) is 87.2 Å². The number of likely N-dealkylation sites (N-methyl/N-ethyl adjacent to an activating group) is 3. The first-order valence-corrected chi connectivity index (χ1v) is 49.4. The smallest absolute Gasteiger partial charge is 0.246 e. The number of aromatic hydroxyl groups is 1. The number of likely N-dealkylation sites (tertiary alicyclic amines) is 1. The lowest BCUT2D eigenvalue weighted by atomic mass is 9.89. The second-order valence-electron chi connectivity index (χ2n) is 37.7. The van der Waals surface area contributed by atoms with E-state index in [1.807, 2.05) is 80.6 Å². The second-order valence-corrected chi connectivity index (χ2v) is 38.7. The number of phenols is 1. The number of fused-ring (bicyclic) bond motifs is 4.